The minimum atomic E-state index is -0.505. The van der Waals surface area contributed by atoms with Gasteiger partial charge in [0.1, 0.15) is 0 Å². The number of nitro groups is 1. The number of aryl methyl sites for hydroxylation is 1. The number of esters is 1. The number of nitrogens with one attached hydrogen (secondary N) is 1. The SMILES string of the molecule is CCOC(=O)CN(CCC(=O)Nc1cc([N+](=O)[O-])ccc1C)C(C)C. The molecule has 1 rings (SSSR count). The molecule has 0 aliphatic heterocycles. The van der Waals surface area contributed by atoms with Gasteiger partial charge in [0.2, 0.25) is 5.91 Å². The number of anilines is 1. The molecule has 1 aromatic rings. The van der Waals surface area contributed by atoms with Gasteiger partial charge in [0, 0.05) is 31.1 Å². The number of ether oxygens (including phenoxy) is 1. The molecule has 0 heterocycles. The molecule has 1 amide bonds. The Morgan fingerprint density at radius 2 is 2.04 bits per heavy atom. The Balaban J connectivity index is 2.65. The lowest BCUT2D eigenvalue weighted by molar-refractivity contribution is -0.384. The summed E-state index contributed by atoms with van der Waals surface area (Å²) < 4.78 is 4.93. The number of carbonyl (C=O) groups excluding carboxylic acids is 2. The van der Waals surface area contributed by atoms with Gasteiger partial charge in [0.25, 0.3) is 5.69 Å². The summed E-state index contributed by atoms with van der Waals surface area (Å²) in [6.45, 7) is 8.19. The molecule has 138 valence electrons. The van der Waals surface area contributed by atoms with Crippen LogP contribution in [-0.4, -0.2) is 47.4 Å². The van der Waals surface area contributed by atoms with Crippen molar-refractivity contribution in [2.75, 3.05) is 25.0 Å². The van der Waals surface area contributed by atoms with E-state index in [4.69, 9.17) is 4.74 Å². The summed E-state index contributed by atoms with van der Waals surface area (Å²) in [5.74, 6) is -0.593. The predicted molar refractivity (Wildman–Crippen MR) is 94.4 cm³/mol. The van der Waals surface area contributed by atoms with E-state index >= 15 is 0 Å². The Morgan fingerprint density at radius 3 is 2.60 bits per heavy atom. The third-order valence-electron chi connectivity index (χ3n) is 3.70. The fourth-order valence-electron chi connectivity index (χ4n) is 2.21. The standard InChI is InChI=1S/C17H25N3O5/c1-5-25-17(22)11-19(12(2)3)9-8-16(21)18-15-10-14(20(23)24)7-6-13(15)4/h6-7,10,12H,5,8-9,11H2,1-4H3,(H,18,21). The molecule has 1 aromatic carbocycles. The van der Waals surface area contributed by atoms with Crippen molar-refractivity contribution in [2.45, 2.75) is 40.2 Å². The highest BCUT2D eigenvalue weighted by Crippen LogP contribution is 2.22. The second kappa shape index (κ2) is 9.73. The molecule has 0 aromatic heterocycles. The average molecular weight is 351 g/mol. The van der Waals surface area contributed by atoms with Gasteiger partial charge in [-0.3, -0.25) is 24.6 Å². The zero-order valence-corrected chi connectivity index (χ0v) is 15.1. The van der Waals surface area contributed by atoms with Crippen molar-refractivity contribution in [3.8, 4) is 0 Å². The Kier molecular flexibility index (Phi) is 8.00. The lowest BCUT2D eigenvalue weighted by Gasteiger charge is -2.25. The molecule has 0 saturated carbocycles. The van der Waals surface area contributed by atoms with Crippen LogP contribution in [0, 0.1) is 17.0 Å². The number of nitro benzene ring substituents is 1. The van der Waals surface area contributed by atoms with Crippen LogP contribution in [0.15, 0.2) is 18.2 Å². The van der Waals surface area contributed by atoms with E-state index in [1.54, 1.807) is 19.9 Å². The van der Waals surface area contributed by atoms with Crippen molar-refractivity contribution in [1.29, 1.82) is 0 Å². The van der Waals surface area contributed by atoms with E-state index in [0.29, 0.717) is 18.8 Å². The number of nitrogens with zero attached hydrogens (tertiary/aromatic N) is 2. The van der Waals surface area contributed by atoms with Crippen molar-refractivity contribution >= 4 is 23.3 Å². The number of amides is 1. The van der Waals surface area contributed by atoms with E-state index in [1.165, 1.54) is 12.1 Å². The Bertz CT molecular complexity index is 631. The highest BCUT2D eigenvalue weighted by Gasteiger charge is 2.17. The van der Waals surface area contributed by atoms with Crippen molar-refractivity contribution in [2.24, 2.45) is 0 Å². The van der Waals surface area contributed by atoms with E-state index in [9.17, 15) is 19.7 Å². The number of rotatable bonds is 9. The highest BCUT2D eigenvalue weighted by molar-refractivity contribution is 5.92. The van der Waals surface area contributed by atoms with Crippen molar-refractivity contribution in [3.63, 3.8) is 0 Å². The summed E-state index contributed by atoms with van der Waals surface area (Å²) in [5.41, 5.74) is 1.08. The van der Waals surface area contributed by atoms with Crippen LogP contribution in [0.4, 0.5) is 11.4 Å². The lowest BCUT2D eigenvalue weighted by Crippen LogP contribution is -2.38. The zero-order chi connectivity index (χ0) is 19.0. The lowest BCUT2D eigenvalue weighted by atomic mass is 10.1. The van der Waals surface area contributed by atoms with Crippen LogP contribution >= 0.6 is 0 Å². The molecule has 0 aliphatic rings. The third kappa shape index (κ3) is 6.88. The van der Waals surface area contributed by atoms with Gasteiger partial charge < -0.3 is 10.1 Å². The first-order valence-corrected chi connectivity index (χ1v) is 8.19. The number of carbonyl (C=O) groups is 2. The summed E-state index contributed by atoms with van der Waals surface area (Å²) in [5, 5.41) is 13.5. The van der Waals surface area contributed by atoms with Gasteiger partial charge in [-0.1, -0.05) is 6.07 Å². The van der Waals surface area contributed by atoms with Gasteiger partial charge in [0.15, 0.2) is 0 Å². The van der Waals surface area contributed by atoms with Crippen molar-refractivity contribution in [3.05, 3.63) is 33.9 Å². The first kappa shape index (κ1) is 20.6. The largest absolute Gasteiger partial charge is 0.465 e. The van der Waals surface area contributed by atoms with Crippen LogP contribution in [-0.2, 0) is 14.3 Å². The van der Waals surface area contributed by atoms with Crippen LogP contribution in [0.3, 0.4) is 0 Å². The molecule has 0 saturated heterocycles. The smallest absolute Gasteiger partial charge is 0.320 e. The summed E-state index contributed by atoms with van der Waals surface area (Å²) in [7, 11) is 0. The Morgan fingerprint density at radius 1 is 1.36 bits per heavy atom. The quantitative estimate of drug-likeness (QED) is 0.417. The average Bonchev–Trinajstić information content (AvgIpc) is 2.53. The maximum Gasteiger partial charge on any atom is 0.320 e. The summed E-state index contributed by atoms with van der Waals surface area (Å²) >= 11 is 0. The van der Waals surface area contributed by atoms with Gasteiger partial charge in [-0.2, -0.15) is 0 Å². The number of non-ortho nitro benzene ring substituents is 1. The minimum absolute atomic E-state index is 0.0768. The molecule has 1 N–H and O–H groups in total. The molecule has 0 atom stereocenters. The number of hydrogen-bond donors (Lipinski definition) is 1. The van der Waals surface area contributed by atoms with E-state index in [-0.39, 0.29) is 36.6 Å². The molecular formula is C17H25N3O5. The Labute approximate surface area is 147 Å². The zero-order valence-electron chi connectivity index (χ0n) is 15.1. The molecule has 25 heavy (non-hydrogen) atoms. The van der Waals surface area contributed by atoms with Crippen LogP contribution in [0.25, 0.3) is 0 Å². The topological polar surface area (TPSA) is 102 Å². The maximum atomic E-state index is 12.2. The van der Waals surface area contributed by atoms with Crippen LogP contribution in [0.1, 0.15) is 32.8 Å². The number of benzene rings is 1. The van der Waals surface area contributed by atoms with Gasteiger partial charge in [-0.25, -0.2) is 0 Å². The van der Waals surface area contributed by atoms with E-state index < -0.39 is 4.92 Å². The van der Waals surface area contributed by atoms with Gasteiger partial charge >= 0.3 is 5.97 Å². The second-order valence-corrected chi connectivity index (χ2v) is 5.92. The van der Waals surface area contributed by atoms with Crippen LogP contribution < -0.4 is 5.32 Å². The highest BCUT2D eigenvalue weighted by atomic mass is 16.6. The fourth-order valence-corrected chi connectivity index (χ4v) is 2.21. The van der Waals surface area contributed by atoms with Crippen LogP contribution in [0.5, 0.6) is 0 Å². The van der Waals surface area contributed by atoms with Crippen molar-refractivity contribution in [1.82, 2.24) is 4.90 Å². The molecule has 0 unspecified atom stereocenters. The molecule has 0 fully saturated rings. The monoisotopic (exact) mass is 351 g/mol. The summed E-state index contributed by atoms with van der Waals surface area (Å²) in [4.78, 5) is 36.0. The Hall–Kier alpha value is -2.48. The predicted octanol–water partition coefficient (Wildman–Crippen LogP) is 2.51. The molecule has 0 bridgehead atoms. The normalized spacial score (nSPS) is 10.8. The fraction of sp³-hybridized carbons (Fsp3) is 0.529. The second-order valence-electron chi connectivity index (χ2n) is 5.92. The maximum absolute atomic E-state index is 12.2. The first-order valence-electron chi connectivity index (χ1n) is 8.19. The molecule has 8 heteroatoms. The van der Waals surface area contributed by atoms with E-state index in [1.807, 2.05) is 18.7 Å². The van der Waals surface area contributed by atoms with E-state index in [2.05, 4.69) is 5.32 Å². The van der Waals surface area contributed by atoms with Gasteiger partial charge in [0.05, 0.1) is 23.8 Å². The summed E-state index contributed by atoms with van der Waals surface area (Å²) in [6, 6.07) is 4.41. The van der Waals surface area contributed by atoms with Gasteiger partial charge in [-0.15, -0.1) is 0 Å². The van der Waals surface area contributed by atoms with Crippen LogP contribution in [0.2, 0.25) is 0 Å². The molecule has 0 radical (unpaired) electrons. The summed E-state index contributed by atoms with van der Waals surface area (Å²) in [6.07, 6.45) is 0.166. The number of hydrogen-bond acceptors (Lipinski definition) is 6. The third-order valence-corrected chi connectivity index (χ3v) is 3.70. The molecular weight excluding hydrogens is 326 g/mol. The molecule has 8 nitrogen and oxygen atoms in total. The van der Waals surface area contributed by atoms with Gasteiger partial charge in [-0.05, 0) is 33.3 Å². The molecule has 0 aliphatic carbocycles. The molecule has 0 spiro atoms. The van der Waals surface area contributed by atoms with E-state index in [0.717, 1.165) is 5.56 Å². The minimum Gasteiger partial charge on any atom is -0.465 e. The first-order chi connectivity index (χ1) is 11.7. The van der Waals surface area contributed by atoms with Crippen molar-refractivity contribution < 1.29 is 19.2 Å².